The van der Waals surface area contributed by atoms with Gasteiger partial charge in [-0.05, 0) is 57.3 Å². The summed E-state index contributed by atoms with van der Waals surface area (Å²) in [5.74, 6) is 0.701. The Hall–Kier alpha value is -0.900. The molecule has 2 N–H and O–H groups in total. The molecule has 2 atom stereocenters. The number of hydrogen-bond donors (Lipinski definition) is 2. The van der Waals surface area contributed by atoms with Crippen LogP contribution < -0.4 is 5.32 Å². The van der Waals surface area contributed by atoms with Gasteiger partial charge in [0.2, 0.25) is 0 Å². The molecule has 1 fully saturated rings. The lowest BCUT2D eigenvalue weighted by molar-refractivity contribution is 0.248. The third kappa shape index (κ3) is 5.10. The summed E-state index contributed by atoms with van der Waals surface area (Å²) in [6.07, 6.45) is 3.37. The highest BCUT2D eigenvalue weighted by Gasteiger charge is 2.22. The number of aliphatic hydroxyl groups is 1. The minimum Gasteiger partial charge on any atom is -0.396 e. The largest absolute Gasteiger partial charge is 0.396 e. The van der Waals surface area contributed by atoms with Gasteiger partial charge in [0.15, 0.2) is 0 Å². The Morgan fingerprint density at radius 1 is 1.43 bits per heavy atom. The lowest BCUT2D eigenvalue weighted by atomic mass is 10.0. The summed E-state index contributed by atoms with van der Waals surface area (Å²) in [7, 11) is 0. The number of benzene rings is 1. The number of likely N-dealkylation sites (tertiary alicyclic amines) is 1. The maximum Gasteiger partial charge on any atom is 0.0434 e. The van der Waals surface area contributed by atoms with Crippen LogP contribution in [-0.4, -0.2) is 42.8 Å². The number of nitrogens with zero attached hydrogens (tertiary/aromatic N) is 1. The van der Waals surface area contributed by atoms with Gasteiger partial charge < -0.3 is 15.3 Å². The molecular formula is C18H30N2O. The van der Waals surface area contributed by atoms with E-state index in [1.54, 1.807) is 0 Å². The quantitative estimate of drug-likeness (QED) is 0.773. The summed E-state index contributed by atoms with van der Waals surface area (Å²) in [5.41, 5.74) is 2.74. The van der Waals surface area contributed by atoms with E-state index < -0.39 is 0 Å². The van der Waals surface area contributed by atoms with Crippen LogP contribution in [0.3, 0.4) is 0 Å². The molecule has 1 aliphatic heterocycles. The van der Waals surface area contributed by atoms with Crippen molar-refractivity contribution in [1.82, 2.24) is 10.2 Å². The van der Waals surface area contributed by atoms with Gasteiger partial charge in [0.05, 0.1) is 0 Å². The first-order valence-corrected chi connectivity index (χ1v) is 8.36. The minimum atomic E-state index is 0.335. The Balaban J connectivity index is 1.86. The van der Waals surface area contributed by atoms with Crippen LogP contribution in [0.1, 0.15) is 43.4 Å². The summed E-state index contributed by atoms with van der Waals surface area (Å²) in [5, 5.41) is 12.7. The Kier molecular flexibility index (Phi) is 6.68. The fraction of sp³-hybridized carbons (Fsp3) is 0.667. The lowest BCUT2D eigenvalue weighted by Crippen LogP contribution is -2.28. The summed E-state index contributed by atoms with van der Waals surface area (Å²) in [6.45, 7) is 9.17. The van der Waals surface area contributed by atoms with E-state index in [2.05, 4.69) is 48.3 Å². The van der Waals surface area contributed by atoms with E-state index in [1.807, 2.05) is 0 Å². The normalized spacial score (nSPS) is 20.8. The highest BCUT2D eigenvalue weighted by Crippen LogP contribution is 2.23. The van der Waals surface area contributed by atoms with Crippen molar-refractivity contribution in [3.8, 4) is 0 Å². The van der Waals surface area contributed by atoms with Crippen molar-refractivity contribution in [2.45, 2.75) is 39.2 Å². The second kappa shape index (κ2) is 8.52. The van der Waals surface area contributed by atoms with Gasteiger partial charge in [-0.15, -0.1) is 0 Å². The second-order valence-corrected chi connectivity index (χ2v) is 6.28. The van der Waals surface area contributed by atoms with Gasteiger partial charge in [-0.25, -0.2) is 0 Å². The monoisotopic (exact) mass is 290 g/mol. The van der Waals surface area contributed by atoms with E-state index in [-0.39, 0.29) is 0 Å². The molecule has 1 aromatic carbocycles. The molecule has 0 amide bonds. The molecule has 2 unspecified atom stereocenters. The SMILES string of the molecule is CCNC(CCN1CCC(CCO)C1)c1cccc(C)c1. The van der Waals surface area contributed by atoms with Crippen LogP contribution in [0.15, 0.2) is 24.3 Å². The molecular weight excluding hydrogens is 260 g/mol. The van der Waals surface area contributed by atoms with Crippen molar-refractivity contribution in [1.29, 1.82) is 0 Å². The van der Waals surface area contributed by atoms with E-state index in [0.29, 0.717) is 18.6 Å². The van der Waals surface area contributed by atoms with Gasteiger partial charge in [-0.2, -0.15) is 0 Å². The van der Waals surface area contributed by atoms with Gasteiger partial charge in [0.1, 0.15) is 0 Å². The average molecular weight is 290 g/mol. The van der Waals surface area contributed by atoms with E-state index in [0.717, 1.165) is 32.5 Å². The van der Waals surface area contributed by atoms with E-state index >= 15 is 0 Å². The van der Waals surface area contributed by atoms with Crippen molar-refractivity contribution < 1.29 is 5.11 Å². The Labute approximate surface area is 129 Å². The maximum atomic E-state index is 9.05. The fourth-order valence-electron chi connectivity index (χ4n) is 3.37. The molecule has 1 aromatic rings. The summed E-state index contributed by atoms with van der Waals surface area (Å²) < 4.78 is 0. The first kappa shape index (κ1) is 16.5. The number of aryl methyl sites for hydroxylation is 1. The molecule has 0 bridgehead atoms. The highest BCUT2D eigenvalue weighted by atomic mass is 16.3. The van der Waals surface area contributed by atoms with Gasteiger partial charge in [-0.3, -0.25) is 0 Å². The van der Waals surface area contributed by atoms with Crippen LogP contribution in [-0.2, 0) is 0 Å². The predicted octanol–water partition coefficient (Wildman–Crippen LogP) is 2.74. The summed E-state index contributed by atoms with van der Waals surface area (Å²) in [4.78, 5) is 2.56. The van der Waals surface area contributed by atoms with E-state index in [1.165, 1.54) is 24.1 Å². The molecule has 21 heavy (non-hydrogen) atoms. The van der Waals surface area contributed by atoms with Crippen molar-refractivity contribution in [3.63, 3.8) is 0 Å². The van der Waals surface area contributed by atoms with Gasteiger partial charge in [0.25, 0.3) is 0 Å². The van der Waals surface area contributed by atoms with Crippen LogP contribution in [0.2, 0.25) is 0 Å². The second-order valence-electron chi connectivity index (χ2n) is 6.28. The summed E-state index contributed by atoms with van der Waals surface area (Å²) >= 11 is 0. The standard InChI is InChI=1S/C18H30N2O/c1-3-19-18(17-6-4-5-15(2)13-17)8-11-20-10-7-16(14-20)9-12-21/h4-6,13,16,18-19,21H,3,7-12,14H2,1-2H3. The smallest absolute Gasteiger partial charge is 0.0434 e. The van der Waals surface area contributed by atoms with Crippen molar-refractivity contribution in [3.05, 3.63) is 35.4 Å². The molecule has 1 aliphatic rings. The lowest BCUT2D eigenvalue weighted by Gasteiger charge is -2.23. The molecule has 2 rings (SSSR count). The molecule has 118 valence electrons. The molecule has 3 heteroatoms. The molecule has 0 radical (unpaired) electrons. The topological polar surface area (TPSA) is 35.5 Å². The Bertz CT molecular complexity index is 421. The first-order chi connectivity index (χ1) is 10.2. The third-order valence-electron chi connectivity index (χ3n) is 4.54. The third-order valence-corrected chi connectivity index (χ3v) is 4.54. The Morgan fingerprint density at radius 2 is 2.29 bits per heavy atom. The molecule has 3 nitrogen and oxygen atoms in total. The first-order valence-electron chi connectivity index (χ1n) is 8.36. The molecule has 1 saturated heterocycles. The van der Waals surface area contributed by atoms with Crippen molar-refractivity contribution in [2.75, 3.05) is 32.8 Å². The molecule has 0 aromatic heterocycles. The minimum absolute atomic E-state index is 0.335. The number of rotatable bonds is 8. The van der Waals surface area contributed by atoms with Gasteiger partial charge in [0, 0.05) is 19.2 Å². The van der Waals surface area contributed by atoms with Crippen LogP contribution in [0, 0.1) is 12.8 Å². The van der Waals surface area contributed by atoms with E-state index in [9.17, 15) is 0 Å². The Morgan fingerprint density at radius 3 is 3.00 bits per heavy atom. The molecule has 1 heterocycles. The summed E-state index contributed by atoms with van der Waals surface area (Å²) in [6, 6.07) is 9.30. The zero-order valence-corrected chi connectivity index (χ0v) is 13.5. The van der Waals surface area contributed by atoms with Crippen LogP contribution >= 0.6 is 0 Å². The van der Waals surface area contributed by atoms with E-state index in [4.69, 9.17) is 5.11 Å². The molecule has 0 spiro atoms. The fourth-order valence-corrected chi connectivity index (χ4v) is 3.37. The number of nitrogens with one attached hydrogen (secondary N) is 1. The number of aliphatic hydroxyl groups excluding tert-OH is 1. The van der Waals surface area contributed by atoms with Crippen LogP contribution in [0.4, 0.5) is 0 Å². The molecule has 0 saturated carbocycles. The predicted molar refractivity (Wildman–Crippen MR) is 88.5 cm³/mol. The zero-order valence-electron chi connectivity index (χ0n) is 13.5. The van der Waals surface area contributed by atoms with Gasteiger partial charge in [-0.1, -0.05) is 36.8 Å². The van der Waals surface area contributed by atoms with Crippen LogP contribution in [0.25, 0.3) is 0 Å². The van der Waals surface area contributed by atoms with Gasteiger partial charge >= 0.3 is 0 Å². The van der Waals surface area contributed by atoms with Crippen molar-refractivity contribution in [2.24, 2.45) is 5.92 Å². The average Bonchev–Trinajstić information content (AvgIpc) is 2.91. The maximum absolute atomic E-state index is 9.05. The highest BCUT2D eigenvalue weighted by molar-refractivity contribution is 5.25. The molecule has 0 aliphatic carbocycles. The number of hydrogen-bond acceptors (Lipinski definition) is 3. The zero-order chi connectivity index (χ0) is 15.1. The van der Waals surface area contributed by atoms with Crippen LogP contribution in [0.5, 0.6) is 0 Å². The van der Waals surface area contributed by atoms with Crippen molar-refractivity contribution >= 4 is 0 Å².